The van der Waals surface area contributed by atoms with Gasteiger partial charge in [0.05, 0.1) is 25.3 Å². The summed E-state index contributed by atoms with van der Waals surface area (Å²) in [6.07, 6.45) is 4.85. The van der Waals surface area contributed by atoms with Gasteiger partial charge in [-0.3, -0.25) is 4.57 Å². The van der Waals surface area contributed by atoms with Gasteiger partial charge in [-0.2, -0.15) is 4.98 Å². The van der Waals surface area contributed by atoms with Crippen molar-refractivity contribution in [1.82, 2.24) is 19.5 Å². The van der Waals surface area contributed by atoms with E-state index in [1.165, 1.54) is 12.6 Å². The van der Waals surface area contributed by atoms with Crippen LogP contribution in [0.1, 0.15) is 19.6 Å². The third kappa shape index (κ3) is 2.48. The van der Waals surface area contributed by atoms with E-state index in [0.29, 0.717) is 23.5 Å². The number of allylic oxidation sites excluding steroid dienone is 1. The van der Waals surface area contributed by atoms with Crippen LogP contribution in [0, 0.1) is 0 Å². The van der Waals surface area contributed by atoms with Gasteiger partial charge in [0, 0.05) is 6.42 Å². The molecule has 1 saturated heterocycles. The molecule has 2 aromatic rings. The average Bonchev–Trinajstić information content (AvgIpc) is 3.08. The van der Waals surface area contributed by atoms with Crippen LogP contribution in [0.2, 0.25) is 0 Å². The molecule has 0 aliphatic carbocycles. The van der Waals surface area contributed by atoms with Crippen molar-refractivity contribution < 1.29 is 19.7 Å². The second kappa shape index (κ2) is 5.76. The lowest BCUT2D eigenvalue weighted by Crippen LogP contribution is -2.24. The number of hydrogen-bond donors (Lipinski definition) is 2. The summed E-state index contributed by atoms with van der Waals surface area (Å²) in [5.74, 6) is 0.356. The van der Waals surface area contributed by atoms with Crippen LogP contribution in [0.25, 0.3) is 11.2 Å². The molecule has 0 unspecified atom stereocenters. The Morgan fingerprint density at radius 2 is 2.33 bits per heavy atom. The zero-order valence-electron chi connectivity index (χ0n) is 11.5. The lowest BCUT2D eigenvalue weighted by molar-refractivity contribution is -0.0432. The molecule has 0 saturated carbocycles. The summed E-state index contributed by atoms with van der Waals surface area (Å²) in [5.41, 5.74) is 1.07. The Labute approximate surface area is 120 Å². The van der Waals surface area contributed by atoms with Gasteiger partial charge in [-0.05, 0) is 6.92 Å². The average molecular weight is 292 g/mol. The molecule has 1 aliphatic heterocycles. The van der Waals surface area contributed by atoms with E-state index < -0.39 is 18.4 Å². The van der Waals surface area contributed by atoms with Crippen molar-refractivity contribution in [2.75, 3.05) is 6.61 Å². The highest BCUT2D eigenvalue weighted by molar-refractivity contribution is 5.76. The second-order valence-corrected chi connectivity index (χ2v) is 4.70. The predicted octanol–water partition coefficient (Wildman–Crippen LogP) is 0.379. The molecular weight excluding hydrogens is 276 g/mol. The number of rotatable bonds is 4. The largest absolute Gasteiger partial charge is 0.445 e. The van der Waals surface area contributed by atoms with Gasteiger partial charge >= 0.3 is 0 Å². The third-order valence-electron chi connectivity index (χ3n) is 3.34. The highest BCUT2D eigenvalue weighted by atomic mass is 16.5. The standard InChI is InChI=1S/C13H16N4O4/c1-2-3-20-13-11-12(14-6-15-13)17(7-16-11)10-4-8(19)9(5-18)21-10/h2-3,6-10,18-19H,4-5H2,1H3/b3-2+/t8-,9+,10+/m0/s1. The molecule has 3 atom stereocenters. The first kappa shape index (κ1) is 13.9. The van der Waals surface area contributed by atoms with Gasteiger partial charge in [-0.25, -0.2) is 9.97 Å². The monoisotopic (exact) mass is 292 g/mol. The van der Waals surface area contributed by atoms with Crippen molar-refractivity contribution in [2.24, 2.45) is 0 Å². The van der Waals surface area contributed by atoms with Crippen LogP contribution in [0.15, 0.2) is 25.0 Å². The van der Waals surface area contributed by atoms with E-state index in [1.807, 2.05) is 6.92 Å². The first-order valence-corrected chi connectivity index (χ1v) is 6.64. The van der Waals surface area contributed by atoms with E-state index in [4.69, 9.17) is 14.6 Å². The van der Waals surface area contributed by atoms with Gasteiger partial charge in [0.25, 0.3) is 0 Å². The van der Waals surface area contributed by atoms with E-state index in [9.17, 15) is 5.11 Å². The van der Waals surface area contributed by atoms with Crippen LogP contribution in [0.4, 0.5) is 0 Å². The molecule has 1 aliphatic rings. The number of hydrogen-bond acceptors (Lipinski definition) is 7. The number of imidazole rings is 1. The molecule has 2 aromatic heterocycles. The van der Waals surface area contributed by atoms with Crippen LogP contribution in [-0.4, -0.2) is 48.5 Å². The summed E-state index contributed by atoms with van der Waals surface area (Å²) in [4.78, 5) is 12.5. The normalized spacial score (nSPS) is 26.0. The molecule has 2 N–H and O–H groups in total. The summed E-state index contributed by atoms with van der Waals surface area (Å²) in [5, 5.41) is 19.0. The lowest BCUT2D eigenvalue weighted by Gasteiger charge is -2.13. The molecule has 0 bridgehead atoms. The van der Waals surface area contributed by atoms with Crippen molar-refractivity contribution in [3.63, 3.8) is 0 Å². The molecule has 112 valence electrons. The number of aliphatic hydroxyl groups excluding tert-OH is 2. The van der Waals surface area contributed by atoms with Gasteiger partial charge in [0.1, 0.15) is 18.7 Å². The zero-order valence-corrected chi connectivity index (χ0v) is 11.5. The van der Waals surface area contributed by atoms with Crippen LogP contribution in [0.5, 0.6) is 5.88 Å². The van der Waals surface area contributed by atoms with Gasteiger partial charge in [0.15, 0.2) is 11.2 Å². The molecule has 1 fully saturated rings. The van der Waals surface area contributed by atoms with Crippen molar-refractivity contribution >= 4 is 11.2 Å². The van der Waals surface area contributed by atoms with Crippen LogP contribution < -0.4 is 4.74 Å². The summed E-state index contributed by atoms with van der Waals surface area (Å²) in [6.45, 7) is 1.61. The minimum absolute atomic E-state index is 0.227. The van der Waals surface area contributed by atoms with Crippen molar-refractivity contribution in [2.45, 2.75) is 31.8 Å². The molecular formula is C13H16N4O4. The molecule has 0 amide bonds. The van der Waals surface area contributed by atoms with E-state index >= 15 is 0 Å². The van der Waals surface area contributed by atoms with E-state index in [0.717, 1.165) is 0 Å². The minimum Gasteiger partial charge on any atom is -0.445 e. The number of fused-ring (bicyclic) bond motifs is 1. The number of ether oxygens (including phenoxy) is 2. The molecule has 0 radical (unpaired) electrons. The topological polar surface area (TPSA) is 103 Å². The highest BCUT2D eigenvalue weighted by Gasteiger charge is 2.35. The lowest BCUT2D eigenvalue weighted by atomic mass is 10.2. The zero-order chi connectivity index (χ0) is 14.8. The predicted molar refractivity (Wildman–Crippen MR) is 72.4 cm³/mol. The maximum atomic E-state index is 9.82. The second-order valence-electron chi connectivity index (χ2n) is 4.70. The number of nitrogens with zero attached hydrogens (tertiary/aromatic N) is 4. The molecule has 8 nitrogen and oxygen atoms in total. The van der Waals surface area contributed by atoms with Crippen molar-refractivity contribution in [1.29, 1.82) is 0 Å². The molecule has 0 spiro atoms. The quantitative estimate of drug-likeness (QED) is 0.785. The fraction of sp³-hybridized carbons (Fsp3) is 0.462. The first-order valence-electron chi connectivity index (χ1n) is 6.64. The maximum absolute atomic E-state index is 9.82. The van der Waals surface area contributed by atoms with Crippen LogP contribution >= 0.6 is 0 Å². The third-order valence-corrected chi connectivity index (χ3v) is 3.34. The van der Waals surface area contributed by atoms with Gasteiger partial charge in [-0.15, -0.1) is 0 Å². The maximum Gasteiger partial charge on any atom is 0.250 e. The fourth-order valence-corrected chi connectivity index (χ4v) is 2.31. The summed E-state index contributed by atoms with van der Waals surface area (Å²) < 4.78 is 12.7. The molecule has 0 aromatic carbocycles. The molecule has 8 heteroatoms. The van der Waals surface area contributed by atoms with Gasteiger partial charge in [0.2, 0.25) is 5.88 Å². The fourth-order valence-electron chi connectivity index (χ4n) is 2.31. The smallest absolute Gasteiger partial charge is 0.250 e. The Kier molecular flexibility index (Phi) is 3.82. The summed E-state index contributed by atoms with van der Waals surface area (Å²) in [6, 6.07) is 0. The highest BCUT2D eigenvalue weighted by Crippen LogP contribution is 2.31. The van der Waals surface area contributed by atoms with Crippen molar-refractivity contribution in [3.05, 3.63) is 25.0 Å². The van der Waals surface area contributed by atoms with E-state index in [2.05, 4.69) is 15.0 Å². The van der Waals surface area contributed by atoms with Gasteiger partial charge < -0.3 is 19.7 Å². The Morgan fingerprint density at radius 3 is 3.05 bits per heavy atom. The van der Waals surface area contributed by atoms with E-state index in [1.54, 1.807) is 17.0 Å². The molecule has 3 rings (SSSR count). The molecule has 21 heavy (non-hydrogen) atoms. The number of aliphatic hydroxyl groups is 2. The molecule has 3 heterocycles. The van der Waals surface area contributed by atoms with E-state index in [-0.39, 0.29) is 6.61 Å². The summed E-state index contributed by atoms with van der Waals surface area (Å²) >= 11 is 0. The minimum atomic E-state index is -0.710. The Balaban J connectivity index is 1.94. The SMILES string of the molecule is C/C=C/Oc1ncnc2c1ncn2[C@H]1C[C@H](O)[C@@H](CO)O1. The number of aromatic nitrogens is 4. The van der Waals surface area contributed by atoms with Crippen molar-refractivity contribution in [3.8, 4) is 5.88 Å². The van der Waals surface area contributed by atoms with Crippen LogP contribution in [0.3, 0.4) is 0 Å². The Hall–Kier alpha value is -2.03. The van der Waals surface area contributed by atoms with Crippen LogP contribution in [-0.2, 0) is 4.74 Å². The first-order chi connectivity index (χ1) is 10.2. The summed E-state index contributed by atoms with van der Waals surface area (Å²) in [7, 11) is 0. The Morgan fingerprint density at radius 1 is 1.48 bits per heavy atom. The van der Waals surface area contributed by atoms with Gasteiger partial charge in [-0.1, -0.05) is 6.08 Å². The Bertz CT molecular complexity index is 657.